The predicted molar refractivity (Wildman–Crippen MR) is 232 cm³/mol. The van der Waals surface area contributed by atoms with Crippen LogP contribution < -0.4 is 0 Å². The monoisotopic (exact) mass is 899 g/mol. The summed E-state index contributed by atoms with van der Waals surface area (Å²) in [5.41, 5.74) is 8.21. The van der Waals surface area contributed by atoms with Crippen molar-refractivity contribution in [1.82, 2.24) is 4.57 Å². The fraction of sp³-hybridized carbons (Fsp3) is 0.480. The quantitative estimate of drug-likeness (QED) is 0.122. The largest absolute Gasteiger partial charge is 0.507 e. The van der Waals surface area contributed by atoms with E-state index >= 15 is 4.39 Å². The van der Waals surface area contributed by atoms with Gasteiger partial charge in [0.05, 0.1) is 11.0 Å². The van der Waals surface area contributed by atoms with Gasteiger partial charge in [-0.1, -0.05) is 122 Å². The average Bonchev–Trinajstić information content (AvgIpc) is 3.26. The van der Waals surface area contributed by atoms with Gasteiger partial charge in [0.1, 0.15) is 11.6 Å². The van der Waals surface area contributed by atoms with Crippen LogP contribution in [0.4, 0.5) is 4.39 Å². The maximum absolute atomic E-state index is 15.9. The molecule has 0 aliphatic heterocycles. The first-order chi connectivity index (χ1) is 23.2. The summed E-state index contributed by atoms with van der Waals surface area (Å²) in [7, 11) is 0. The number of benzene rings is 4. The van der Waals surface area contributed by atoms with Crippen LogP contribution >= 0.6 is 0 Å². The van der Waals surface area contributed by atoms with E-state index in [-0.39, 0.29) is 84.8 Å². The molecule has 1 heterocycles. The normalized spacial score (nSPS) is 13.0. The van der Waals surface area contributed by atoms with Gasteiger partial charge >= 0.3 is 0 Å². The van der Waals surface area contributed by atoms with E-state index in [9.17, 15) is 5.11 Å². The fourth-order valence-corrected chi connectivity index (χ4v) is 9.47. The summed E-state index contributed by atoms with van der Waals surface area (Å²) in [5.74, 6) is -0.178. The van der Waals surface area contributed by atoms with Gasteiger partial charge in [-0.25, -0.2) is 4.39 Å². The molecule has 0 unspecified atom stereocenters. The molecule has 0 bridgehead atoms. The minimum absolute atomic E-state index is 0. The van der Waals surface area contributed by atoms with Gasteiger partial charge in [-0.05, 0) is 129 Å². The van der Waals surface area contributed by atoms with E-state index in [0.29, 0.717) is 11.1 Å². The molecule has 0 aliphatic rings. The van der Waals surface area contributed by atoms with Gasteiger partial charge in [-0.3, -0.25) is 0 Å². The van der Waals surface area contributed by atoms with E-state index in [1.165, 1.54) is 21.9 Å². The number of nitrogens with zero attached hydrogens (tertiary/aromatic N) is 1. The van der Waals surface area contributed by atoms with Gasteiger partial charge in [0.15, 0.2) is 0 Å². The predicted octanol–water partition coefficient (Wildman–Crippen LogP) is 15.3. The Balaban J connectivity index is 0.00000336. The molecular formula is C50H70FHfNO-2. The van der Waals surface area contributed by atoms with Gasteiger partial charge in [0.2, 0.25) is 0 Å². The molecule has 0 saturated carbocycles. The summed E-state index contributed by atoms with van der Waals surface area (Å²) >= 11 is 0. The van der Waals surface area contributed by atoms with Gasteiger partial charge in [0.25, 0.3) is 0 Å². The zero-order chi connectivity index (χ0) is 38.1. The molecule has 0 saturated heterocycles. The number of halogens is 1. The van der Waals surface area contributed by atoms with Crippen molar-refractivity contribution in [2.24, 2.45) is 16.2 Å². The van der Waals surface area contributed by atoms with Crippen molar-refractivity contribution in [2.75, 3.05) is 0 Å². The average molecular weight is 899 g/mol. The zero-order valence-corrected chi connectivity index (χ0v) is 40.4. The van der Waals surface area contributed by atoms with Crippen molar-refractivity contribution in [2.45, 2.75) is 139 Å². The zero-order valence-electron chi connectivity index (χ0n) is 36.8. The second-order valence-electron chi connectivity index (χ2n) is 21.1. The van der Waals surface area contributed by atoms with Crippen LogP contribution in [0.2, 0.25) is 0 Å². The van der Waals surface area contributed by atoms with E-state index in [1.807, 2.05) is 12.1 Å². The Hall–Kier alpha value is -2.72. The summed E-state index contributed by atoms with van der Waals surface area (Å²) in [5, 5.41) is 13.5. The third-order valence-electron chi connectivity index (χ3n) is 10.5. The van der Waals surface area contributed by atoms with Gasteiger partial charge in [-0.2, -0.15) is 0 Å². The molecular weight excluding hydrogens is 828 g/mol. The molecule has 54 heavy (non-hydrogen) atoms. The summed E-state index contributed by atoms with van der Waals surface area (Å²) in [6.45, 7) is 34.5. The molecule has 0 atom stereocenters. The van der Waals surface area contributed by atoms with E-state index in [0.717, 1.165) is 41.5 Å². The number of aromatic nitrogens is 1. The molecule has 0 radical (unpaired) electrons. The fourth-order valence-electron chi connectivity index (χ4n) is 9.47. The van der Waals surface area contributed by atoms with E-state index in [4.69, 9.17) is 0 Å². The van der Waals surface area contributed by atoms with Crippen molar-refractivity contribution in [3.8, 4) is 22.6 Å². The number of hydrogen-bond acceptors (Lipinski definition) is 1. The van der Waals surface area contributed by atoms with Crippen molar-refractivity contribution in [3.63, 3.8) is 0 Å². The van der Waals surface area contributed by atoms with Crippen LogP contribution in [-0.2, 0) is 42.1 Å². The first-order valence-electron chi connectivity index (χ1n) is 18.9. The Morgan fingerprint density at radius 1 is 0.500 bits per heavy atom. The van der Waals surface area contributed by atoms with Crippen LogP contribution in [0.1, 0.15) is 140 Å². The first kappa shape index (κ1) is 47.4. The molecule has 1 aromatic heterocycles. The molecule has 0 spiro atoms. The number of phenols is 1. The minimum Gasteiger partial charge on any atom is -0.507 e. The topological polar surface area (TPSA) is 25.2 Å². The van der Waals surface area contributed by atoms with E-state index < -0.39 is 0 Å². The Bertz CT molecular complexity index is 1990. The Morgan fingerprint density at radius 3 is 1.26 bits per heavy atom. The van der Waals surface area contributed by atoms with Crippen molar-refractivity contribution < 1.29 is 35.3 Å². The van der Waals surface area contributed by atoms with Gasteiger partial charge < -0.3 is 24.5 Å². The second kappa shape index (κ2) is 16.0. The van der Waals surface area contributed by atoms with Crippen LogP contribution in [0.15, 0.2) is 72.8 Å². The number of hydrogen-bond donors (Lipinski definition) is 1. The van der Waals surface area contributed by atoms with Crippen LogP contribution in [0.3, 0.4) is 0 Å². The number of phenolic OH excluding ortho intramolecular Hbond substituents is 1. The maximum atomic E-state index is 15.9. The smallest absolute Gasteiger partial charge is 0.125 e. The number of fused-ring (bicyclic) bond motifs is 3. The number of rotatable bonds is 8. The maximum Gasteiger partial charge on any atom is 0.125 e. The summed E-state index contributed by atoms with van der Waals surface area (Å²) in [4.78, 5) is 0. The van der Waals surface area contributed by atoms with Crippen LogP contribution in [-0.4, -0.2) is 9.67 Å². The molecule has 0 aliphatic carbocycles. The van der Waals surface area contributed by atoms with Crippen molar-refractivity contribution >= 4 is 21.8 Å². The van der Waals surface area contributed by atoms with Crippen LogP contribution in [0.5, 0.6) is 5.75 Å². The third kappa shape index (κ3) is 10.6. The first-order valence-corrected chi connectivity index (χ1v) is 18.9. The van der Waals surface area contributed by atoms with E-state index in [1.54, 1.807) is 18.2 Å². The molecule has 4 heteroatoms. The SMILES string of the molecule is CC(C)(C)CC(C)(C)c1ccc(O)c(-c2cc(F)cc(-n3c4ccc(C(C)(C)CC(C)(C)C)cc4c4cc(C(C)(C)CC(C)(C)C)ccc43)c2)c1.[CH3-].[CH3-].[Hf]. The molecule has 0 fully saturated rings. The van der Waals surface area contributed by atoms with Gasteiger partial charge in [0, 0.05) is 47.9 Å². The molecule has 4 aromatic carbocycles. The number of aromatic hydroxyl groups is 1. The Labute approximate surface area is 348 Å². The molecule has 2 nitrogen and oxygen atoms in total. The minimum atomic E-state index is -0.331. The molecule has 5 aromatic rings. The third-order valence-corrected chi connectivity index (χ3v) is 10.5. The van der Waals surface area contributed by atoms with E-state index in [2.05, 4.69) is 151 Å². The molecule has 0 amide bonds. The second-order valence-corrected chi connectivity index (χ2v) is 21.1. The summed E-state index contributed by atoms with van der Waals surface area (Å²) < 4.78 is 18.1. The summed E-state index contributed by atoms with van der Waals surface area (Å²) in [6.07, 6.45) is 3.08. The molecule has 1 N–H and O–H groups in total. The Kier molecular flexibility index (Phi) is 14.1. The molecule has 5 rings (SSSR count). The van der Waals surface area contributed by atoms with Crippen LogP contribution in [0, 0.1) is 36.9 Å². The Morgan fingerprint density at radius 2 is 0.870 bits per heavy atom. The standard InChI is InChI=1S/C48H64FNO.2CH3.Hf/c1-43(2,3)28-46(10,11)32-16-19-40-38(25-32)39-26-33(47(12,13)29-44(4,5)6)17-20-41(39)50(40)36-23-31(22-35(49)27-36)37-24-34(18-21-42(37)51)48(14,15)30-45(7,8)9;;;/h16-27,51H,28-30H2,1-15H3;2*1H3;/q;2*-1;. The van der Waals surface area contributed by atoms with Crippen LogP contribution in [0.25, 0.3) is 38.6 Å². The van der Waals surface area contributed by atoms with Crippen molar-refractivity contribution in [3.05, 3.63) is 110 Å². The van der Waals surface area contributed by atoms with Crippen molar-refractivity contribution in [1.29, 1.82) is 0 Å². The van der Waals surface area contributed by atoms with Gasteiger partial charge in [-0.15, -0.1) is 0 Å². The summed E-state index contributed by atoms with van der Waals surface area (Å²) in [6, 6.07) is 24.8. The molecule has 294 valence electrons.